The number of hydrogen-bond acceptors (Lipinski definition) is 2. The SMILES string of the molecule is Cn1nc(CN)c(Br)c1C1CCCC1. The van der Waals surface area contributed by atoms with Crippen molar-refractivity contribution in [3.63, 3.8) is 0 Å². The monoisotopic (exact) mass is 257 g/mol. The molecule has 1 aromatic heterocycles. The number of hydrogen-bond donors (Lipinski definition) is 1. The fourth-order valence-corrected chi connectivity index (χ4v) is 3.16. The standard InChI is InChI=1S/C10H16BrN3/c1-14-10(7-4-2-3-5-7)9(11)8(6-12)13-14/h7H,2-6,12H2,1H3. The maximum atomic E-state index is 5.63. The Morgan fingerprint density at radius 3 is 2.64 bits per heavy atom. The van der Waals surface area contributed by atoms with Gasteiger partial charge in [-0.25, -0.2) is 0 Å². The van der Waals surface area contributed by atoms with Gasteiger partial charge in [0.05, 0.1) is 15.9 Å². The minimum Gasteiger partial charge on any atom is -0.325 e. The molecular weight excluding hydrogens is 242 g/mol. The summed E-state index contributed by atoms with van der Waals surface area (Å²) >= 11 is 3.61. The maximum Gasteiger partial charge on any atom is 0.0905 e. The van der Waals surface area contributed by atoms with Crippen molar-refractivity contribution in [1.29, 1.82) is 0 Å². The number of nitrogens with two attached hydrogens (primary N) is 1. The fourth-order valence-electron chi connectivity index (χ4n) is 2.34. The number of nitrogens with zero attached hydrogens (tertiary/aromatic N) is 2. The first kappa shape index (κ1) is 10.2. The van der Waals surface area contributed by atoms with Gasteiger partial charge < -0.3 is 5.73 Å². The van der Waals surface area contributed by atoms with Crippen LogP contribution < -0.4 is 5.73 Å². The Kier molecular flexibility index (Phi) is 2.93. The van der Waals surface area contributed by atoms with E-state index in [4.69, 9.17) is 5.73 Å². The number of halogens is 1. The third kappa shape index (κ3) is 1.61. The topological polar surface area (TPSA) is 43.8 Å². The van der Waals surface area contributed by atoms with Gasteiger partial charge in [0.2, 0.25) is 0 Å². The summed E-state index contributed by atoms with van der Waals surface area (Å²) in [4.78, 5) is 0. The molecule has 0 radical (unpaired) electrons. The van der Waals surface area contributed by atoms with E-state index in [0.29, 0.717) is 12.5 Å². The smallest absolute Gasteiger partial charge is 0.0905 e. The molecule has 0 atom stereocenters. The Hall–Kier alpha value is -0.350. The van der Waals surface area contributed by atoms with Crippen molar-refractivity contribution in [2.24, 2.45) is 12.8 Å². The number of aromatic nitrogens is 2. The molecule has 1 aliphatic carbocycles. The molecule has 0 unspecified atom stereocenters. The first-order chi connectivity index (χ1) is 6.74. The molecule has 4 heteroatoms. The van der Waals surface area contributed by atoms with Crippen LogP contribution in [0.2, 0.25) is 0 Å². The Morgan fingerprint density at radius 2 is 2.14 bits per heavy atom. The van der Waals surface area contributed by atoms with Crippen molar-refractivity contribution in [2.75, 3.05) is 0 Å². The van der Waals surface area contributed by atoms with Crippen LogP contribution in [0.15, 0.2) is 4.47 Å². The van der Waals surface area contributed by atoms with Crippen molar-refractivity contribution in [1.82, 2.24) is 9.78 Å². The second-order valence-electron chi connectivity index (χ2n) is 3.96. The molecule has 1 saturated carbocycles. The highest BCUT2D eigenvalue weighted by atomic mass is 79.9. The summed E-state index contributed by atoms with van der Waals surface area (Å²) < 4.78 is 3.12. The predicted molar refractivity (Wildman–Crippen MR) is 60.0 cm³/mol. The van der Waals surface area contributed by atoms with Gasteiger partial charge in [-0.2, -0.15) is 5.10 Å². The zero-order valence-corrected chi connectivity index (χ0v) is 10.0. The van der Waals surface area contributed by atoms with Crippen LogP contribution >= 0.6 is 15.9 Å². The van der Waals surface area contributed by atoms with Gasteiger partial charge in [-0.05, 0) is 28.8 Å². The van der Waals surface area contributed by atoms with Crippen LogP contribution in [0.25, 0.3) is 0 Å². The van der Waals surface area contributed by atoms with Crippen molar-refractivity contribution in [3.8, 4) is 0 Å². The molecule has 0 amide bonds. The second-order valence-corrected chi connectivity index (χ2v) is 4.75. The Balaban J connectivity index is 2.35. The predicted octanol–water partition coefficient (Wildman–Crippen LogP) is 2.30. The first-order valence-corrected chi connectivity index (χ1v) is 5.94. The number of aryl methyl sites for hydroxylation is 1. The molecular formula is C10H16BrN3. The van der Waals surface area contributed by atoms with Gasteiger partial charge in [0, 0.05) is 19.5 Å². The lowest BCUT2D eigenvalue weighted by Crippen LogP contribution is -2.03. The quantitative estimate of drug-likeness (QED) is 0.884. The Bertz CT molecular complexity index is 326. The molecule has 1 fully saturated rings. The third-order valence-corrected chi connectivity index (χ3v) is 3.90. The molecule has 0 spiro atoms. The van der Waals surface area contributed by atoms with E-state index in [1.54, 1.807) is 0 Å². The molecule has 2 N–H and O–H groups in total. The van der Waals surface area contributed by atoms with Gasteiger partial charge >= 0.3 is 0 Å². The largest absolute Gasteiger partial charge is 0.325 e. The van der Waals surface area contributed by atoms with Crippen molar-refractivity contribution < 1.29 is 0 Å². The average Bonchev–Trinajstić information content (AvgIpc) is 2.74. The summed E-state index contributed by atoms with van der Waals surface area (Å²) in [7, 11) is 2.01. The van der Waals surface area contributed by atoms with Gasteiger partial charge in [0.25, 0.3) is 0 Å². The van der Waals surface area contributed by atoms with Crippen LogP contribution in [-0.2, 0) is 13.6 Å². The zero-order valence-electron chi connectivity index (χ0n) is 8.46. The van der Waals surface area contributed by atoms with E-state index in [-0.39, 0.29) is 0 Å². The highest BCUT2D eigenvalue weighted by Crippen LogP contribution is 2.38. The maximum absolute atomic E-state index is 5.63. The van der Waals surface area contributed by atoms with E-state index >= 15 is 0 Å². The summed E-state index contributed by atoms with van der Waals surface area (Å²) in [5.41, 5.74) is 7.94. The normalized spacial score (nSPS) is 17.9. The van der Waals surface area contributed by atoms with Crippen molar-refractivity contribution in [2.45, 2.75) is 38.1 Å². The van der Waals surface area contributed by atoms with E-state index < -0.39 is 0 Å². The average molecular weight is 258 g/mol. The van der Waals surface area contributed by atoms with E-state index in [9.17, 15) is 0 Å². The Labute approximate surface area is 92.8 Å². The van der Waals surface area contributed by atoms with Crippen LogP contribution in [0.1, 0.15) is 43.0 Å². The van der Waals surface area contributed by atoms with Crippen LogP contribution in [-0.4, -0.2) is 9.78 Å². The second kappa shape index (κ2) is 4.03. The highest BCUT2D eigenvalue weighted by Gasteiger charge is 2.24. The minimum absolute atomic E-state index is 0.515. The van der Waals surface area contributed by atoms with Crippen LogP contribution in [0, 0.1) is 0 Å². The van der Waals surface area contributed by atoms with Gasteiger partial charge in [0.15, 0.2) is 0 Å². The summed E-state index contributed by atoms with van der Waals surface area (Å²) in [5, 5.41) is 4.42. The molecule has 0 aliphatic heterocycles. The molecule has 3 nitrogen and oxygen atoms in total. The van der Waals surface area contributed by atoms with Crippen LogP contribution in [0.4, 0.5) is 0 Å². The fraction of sp³-hybridized carbons (Fsp3) is 0.700. The molecule has 2 rings (SSSR count). The Morgan fingerprint density at radius 1 is 1.50 bits per heavy atom. The summed E-state index contributed by atoms with van der Waals surface area (Å²) in [6.45, 7) is 0.515. The lowest BCUT2D eigenvalue weighted by Gasteiger charge is -2.09. The van der Waals surface area contributed by atoms with Gasteiger partial charge in [-0.1, -0.05) is 12.8 Å². The van der Waals surface area contributed by atoms with E-state index in [2.05, 4.69) is 21.0 Å². The highest BCUT2D eigenvalue weighted by molar-refractivity contribution is 9.10. The van der Waals surface area contributed by atoms with E-state index in [0.717, 1.165) is 10.2 Å². The first-order valence-electron chi connectivity index (χ1n) is 5.15. The molecule has 1 heterocycles. The van der Waals surface area contributed by atoms with E-state index in [1.807, 2.05) is 11.7 Å². The van der Waals surface area contributed by atoms with Crippen molar-refractivity contribution >= 4 is 15.9 Å². The van der Waals surface area contributed by atoms with Crippen molar-refractivity contribution in [3.05, 3.63) is 15.9 Å². The van der Waals surface area contributed by atoms with Crippen LogP contribution in [0.3, 0.4) is 0 Å². The minimum atomic E-state index is 0.515. The molecule has 0 bridgehead atoms. The number of rotatable bonds is 2. The third-order valence-electron chi connectivity index (χ3n) is 3.03. The molecule has 1 aliphatic rings. The van der Waals surface area contributed by atoms with Gasteiger partial charge in [-0.15, -0.1) is 0 Å². The lowest BCUT2D eigenvalue weighted by atomic mass is 10.0. The molecule has 78 valence electrons. The lowest BCUT2D eigenvalue weighted by molar-refractivity contribution is 0.612. The van der Waals surface area contributed by atoms with Crippen LogP contribution in [0.5, 0.6) is 0 Å². The molecule has 0 saturated heterocycles. The molecule has 0 aromatic carbocycles. The van der Waals surface area contributed by atoms with E-state index in [1.165, 1.54) is 31.4 Å². The summed E-state index contributed by atoms with van der Waals surface area (Å²) in [6, 6.07) is 0. The molecule has 14 heavy (non-hydrogen) atoms. The summed E-state index contributed by atoms with van der Waals surface area (Å²) in [5.74, 6) is 0.683. The molecule has 1 aromatic rings. The van der Waals surface area contributed by atoms with Gasteiger partial charge in [-0.3, -0.25) is 4.68 Å². The summed E-state index contributed by atoms with van der Waals surface area (Å²) in [6.07, 6.45) is 5.28. The van der Waals surface area contributed by atoms with Gasteiger partial charge in [0.1, 0.15) is 0 Å². The zero-order chi connectivity index (χ0) is 10.1.